The van der Waals surface area contributed by atoms with E-state index in [9.17, 15) is 4.79 Å². The zero-order valence-corrected chi connectivity index (χ0v) is 14.9. The molecule has 2 aliphatic heterocycles. The van der Waals surface area contributed by atoms with Crippen molar-refractivity contribution in [3.05, 3.63) is 57.3 Å². The minimum absolute atomic E-state index is 0.0519. The molecular weight excluding hydrogens is 314 g/mol. The summed E-state index contributed by atoms with van der Waals surface area (Å²) in [6, 6.07) is 9.30. The number of benzene rings is 1. The molecule has 1 fully saturated rings. The average Bonchev–Trinajstić information content (AvgIpc) is 2.85. The number of fused-ring (bicyclic) bond motifs is 3. The van der Waals surface area contributed by atoms with Crippen LogP contribution in [0.5, 0.6) is 5.75 Å². The van der Waals surface area contributed by atoms with Crippen molar-refractivity contribution in [2.75, 3.05) is 6.61 Å². The van der Waals surface area contributed by atoms with Crippen molar-refractivity contribution in [3.8, 4) is 5.75 Å². The third-order valence-corrected chi connectivity index (χ3v) is 5.46. The molecule has 2 atom stereocenters. The number of nitrogens with one attached hydrogen (secondary N) is 1. The topological polar surface area (TPSA) is 58.2 Å². The lowest BCUT2D eigenvalue weighted by molar-refractivity contribution is 0.187. The number of aryl methyl sites for hydroxylation is 1. The quantitative estimate of drug-likeness (QED) is 0.930. The van der Waals surface area contributed by atoms with Gasteiger partial charge in [-0.25, -0.2) is 4.98 Å². The van der Waals surface area contributed by atoms with Gasteiger partial charge in [0.1, 0.15) is 11.6 Å². The van der Waals surface area contributed by atoms with Gasteiger partial charge in [-0.3, -0.25) is 9.69 Å². The maximum Gasteiger partial charge on any atom is 0.254 e. The number of aromatic amines is 1. The summed E-state index contributed by atoms with van der Waals surface area (Å²) in [5.74, 6) is 1.64. The van der Waals surface area contributed by atoms with E-state index in [1.807, 2.05) is 26.0 Å². The van der Waals surface area contributed by atoms with Gasteiger partial charge in [-0.1, -0.05) is 12.1 Å². The van der Waals surface area contributed by atoms with Crippen molar-refractivity contribution >= 4 is 0 Å². The Bertz CT molecular complexity index is 813. The predicted molar refractivity (Wildman–Crippen MR) is 97.0 cm³/mol. The number of rotatable bonds is 4. The van der Waals surface area contributed by atoms with E-state index in [2.05, 4.69) is 27.0 Å². The molecule has 25 heavy (non-hydrogen) atoms. The van der Waals surface area contributed by atoms with Crippen LogP contribution < -0.4 is 10.3 Å². The lowest BCUT2D eigenvalue weighted by atomic mass is 9.98. The number of hydrogen-bond acceptors (Lipinski definition) is 4. The Morgan fingerprint density at radius 1 is 1.20 bits per heavy atom. The summed E-state index contributed by atoms with van der Waals surface area (Å²) in [6.45, 7) is 5.47. The highest BCUT2D eigenvalue weighted by molar-refractivity contribution is 5.28. The Labute approximate surface area is 148 Å². The minimum atomic E-state index is 0.0519. The van der Waals surface area contributed by atoms with E-state index in [0.717, 1.165) is 48.6 Å². The molecule has 1 aromatic heterocycles. The zero-order chi connectivity index (χ0) is 17.4. The van der Waals surface area contributed by atoms with E-state index in [1.165, 1.54) is 12.0 Å². The molecule has 2 bridgehead atoms. The fourth-order valence-corrected chi connectivity index (χ4v) is 4.29. The fourth-order valence-electron chi connectivity index (χ4n) is 4.29. The Balaban J connectivity index is 1.56. The largest absolute Gasteiger partial charge is 0.494 e. The fraction of sp³-hybridized carbons (Fsp3) is 0.500. The second-order valence-electron chi connectivity index (χ2n) is 7.12. The molecule has 1 aromatic carbocycles. The van der Waals surface area contributed by atoms with Gasteiger partial charge < -0.3 is 9.72 Å². The summed E-state index contributed by atoms with van der Waals surface area (Å²) >= 11 is 0. The highest BCUT2D eigenvalue weighted by Gasteiger charge is 2.38. The molecule has 4 rings (SSSR count). The van der Waals surface area contributed by atoms with Crippen LogP contribution in [0.4, 0.5) is 0 Å². The normalized spacial score (nSPS) is 22.5. The van der Waals surface area contributed by atoms with Gasteiger partial charge >= 0.3 is 0 Å². The third kappa shape index (κ3) is 3.21. The molecule has 132 valence electrons. The molecule has 2 aliphatic rings. The van der Waals surface area contributed by atoms with E-state index in [4.69, 9.17) is 4.74 Å². The maximum atomic E-state index is 12.3. The van der Waals surface area contributed by atoms with Gasteiger partial charge in [0.15, 0.2) is 0 Å². The average molecular weight is 339 g/mol. The van der Waals surface area contributed by atoms with E-state index >= 15 is 0 Å². The summed E-state index contributed by atoms with van der Waals surface area (Å²) in [7, 11) is 0. The summed E-state index contributed by atoms with van der Waals surface area (Å²) < 4.78 is 5.53. The summed E-state index contributed by atoms with van der Waals surface area (Å²) in [6.07, 6.45) is 4.04. The molecule has 0 aliphatic carbocycles. The lowest BCUT2D eigenvalue weighted by Crippen LogP contribution is -2.36. The number of hydrogen-bond donors (Lipinski definition) is 1. The third-order valence-electron chi connectivity index (χ3n) is 5.46. The predicted octanol–water partition coefficient (Wildman–Crippen LogP) is 2.61. The van der Waals surface area contributed by atoms with Crippen molar-refractivity contribution in [2.45, 2.75) is 58.2 Å². The highest BCUT2D eigenvalue weighted by Crippen LogP contribution is 2.33. The van der Waals surface area contributed by atoms with E-state index in [-0.39, 0.29) is 5.56 Å². The summed E-state index contributed by atoms with van der Waals surface area (Å²) in [4.78, 5) is 22.4. The van der Waals surface area contributed by atoms with E-state index in [1.54, 1.807) is 0 Å². The van der Waals surface area contributed by atoms with Gasteiger partial charge in [-0.05, 0) is 50.8 Å². The Hall–Kier alpha value is -2.14. The lowest BCUT2D eigenvalue weighted by Gasteiger charge is -2.27. The van der Waals surface area contributed by atoms with Gasteiger partial charge in [-0.15, -0.1) is 0 Å². The van der Waals surface area contributed by atoms with Crippen LogP contribution in [0.2, 0.25) is 0 Å². The van der Waals surface area contributed by atoms with Crippen molar-refractivity contribution in [2.24, 2.45) is 0 Å². The van der Waals surface area contributed by atoms with Gasteiger partial charge in [0, 0.05) is 30.6 Å². The maximum absolute atomic E-state index is 12.3. The van der Waals surface area contributed by atoms with E-state index < -0.39 is 0 Å². The number of aromatic nitrogens is 2. The van der Waals surface area contributed by atoms with Crippen LogP contribution >= 0.6 is 0 Å². The van der Waals surface area contributed by atoms with Crippen LogP contribution in [0.3, 0.4) is 0 Å². The Morgan fingerprint density at radius 2 is 1.92 bits per heavy atom. The smallest absolute Gasteiger partial charge is 0.254 e. The summed E-state index contributed by atoms with van der Waals surface area (Å²) in [5, 5.41) is 0. The molecule has 0 spiro atoms. The Morgan fingerprint density at radius 3 is 2.64 bits per heavy atom. The zero-order valence-electron chi connectivity index (χ0n) is 14.9. The van der Waals surface area contributed by atoms with Crippen LogP contribution in [0.1, 0.15) is 42.4 Å². The monoisotopic (exact) mass is 339 g/mol. The number of nitrogens with zero attached hydrogens (tertiary/aromatic N) is 2. The van der Waals surface area contributed by atoms with E-state index in [0.29, 0.717) is 18.7 Å². The van der Waals surface area contributed by atoms with Crippen LogP contribution in [0.25, 0.3) is 0 Å². The van der Waals surface area contributed by atoms with Gasteiger partial charge in [0.2, 0.25) is 0 Å². The number of H-pyrrole nitrogens is 1. The van der Waals surface area contributed by atoms with Crippen LogP contribution in [0.15, 0.2) is 29.1 Å². The van der Waals surface area contributed by atoms with Gasteiger partial charge in [-0.2, -0.15) is 0 Å². The summed E-state index contributed by atoms with van der Waals surface area (Å²) in [5.41, 5.74) is 3.25. The number of ether oxygens (including phenoxy) is 1. The molecule has 2 aromatic rings. The molecule has 3 heterocycles. The van der Waals surface area contributed by atoms with Crippen LogP contribution in [0, 0.1) is 6.92 Å². The SMILES string of the molecule is CCOc1ccc(CN2[C@@H]3CC[C@H]2Cc2c(nc(C)[nH]c2=O)C3)cc1. The van der Waals surface area contributed by atoms with Gasteiger partial charge in [0.25, 0.3) is 5.56 Å². The minimum Gasteiger partial charge on any atom is -0.494 e. The molecule has 0 amide bonds. The first kappa shape index (κ1) is 16.3. The van der Waals surface area contributed by atoms with Crippen LogP contribution in [-0.4, -0.2) is 33.6 Å². The molecule has 0 radical (unpaired) electrons. The van der Waals surface area contributed by atoms with Crippen molar-refractivity contribution in [3.63, 3.8) is 0 Å². The van der Waals surface area contributed by atoms with Crippen molar-refractivity contribution in [1.29, 1.82) is 0 Å². The second kappa shape index (κ2) is 6.64. The molecular formula is C20H25N3O2. The van der Waals surface area contributed by atoms with Crippen molar-refractivity contribution < 1.29 is 4.74 Å². The molecule has 1 N–H and O–H groups in total. The van der Waals surface area contributed by atoms with Gasteiger partial charge in [0.05, 0.1) is 12.3 Å². The second-order valence-corrected chi connectivity index (χ2v) is 7.12. The van der Waals surface area contributed by atoms with Crippen molar-refractivity contribution in [1.82, 2.24) is 14.9 Å². The highest BCUT2D eigenvalue weighted by atomic mass is 16.5. The molecule has 0 unspecified atom stereocenters. The van der Waals surface area contributed by atoms with Crippen LogP contribution in [-0.2, 0) is 19.4 Å². The Kier molecular flexibility index (Phi) is 4.34. The molecule has 0 saturated carbocycles. The first-order valence-corrected chi connectivity index (χ1v) is 9.20. The molecule has 1 saturated heterocycles. The molecule has 5 heteroatoms. The first-order valence-electron chi connectivity index (χ1n) is 9.20. The first-order chi connectivity index (χ1) is 12.1. The molecule has 5 nitrogen and oxygen atoms in total. The standard InChI is InChI=1S/C20H25N3O2/c1-3-25-17-8-4-14(5-9-17)12-23-15-6-7-16(23)11-19-18(10-15)20(24)22-13(2)21-19/h4-5,8-9,15-16H,3,6-7,10-12H2,1-2H3,(H,21,22,24)/t15-,16+/m0/s1.